The van der Waals surface area contributed by atoms with Crippen molar-refractivity contribution in [2.75, 3.05) is 27.2 Å². The summed E-state index contributed by atoms with van der Waals surface area (Å²) >= 11 is 0. The van der Waals surface area contributed by atoms with Crippen molar-refractivity contribution < 1.29 is 4.79 Å². The molecule has 0 heterocycles. The lowest BCUT2D eigenvalue weighted by atomic mass is 10.3. The average Bonchev–Trinajstić information content (AvgIpc) is 1.82. The summed E-state index contributed by atoms with van der Waals surface area (Å²) < 4.78 is 0. The molecule has 0 aliphatic carbocycles. The molecule has 0 radical (unpaired) electrons. The van der Waals surface area contributed by atoms with Crippen LogP contribution in [0.4, 0.5) is 0 Å². The molecular weight excluding hydrogens is 142 g/mol. The minimum absolute atomic E-state index is 0.259. The second kappa shape index (κ2) is 5.09. The highest BCUT2D eigenvalue weighted by molar-refractivity contribution is 5.75. The van der Waals surface area contributed by atoms with Gasteiger partial charge in [-0.05, 0) is 21.0 Å². The van der Waals surface area contributed by atoms with Crippen LogP contribution in [0.1, 0.15) is 6.92 Å². The fourth-order valence-electron chi connectivity index (χ4n) is 0.887. The third-order valence-electron chi connectivity index (χ3n) is 1.26. The van der Waals surface area contributed by atoms with E-state index in [9.17, 15) is 4.79 Å². The lowest BCUT2D eigenvalue weighted by Gasteiger charge is -2.17. The van der Waals surface area contributed by atoms with Crippen molar-refractivity contribution in [1.29, 1.82) is 0 Å². The smallest absolute Gasteiger partial charge is 0.231 e. The van der Waals surface area contributed by atoms with Crippen LogP contribution in [0.25, 0.3) is 0 Å². The van der Waals surface area contributed by atoms with Crippen LogP contribution >= 0.6 is 0 Å². The first-order valence-electron chi connectivity index (χ1n) is 3.68. The summed E-state index contributed by atoms with van der Waals surface area (Å²) in [4.78, 5) is 12.4. The third kappa shape index (κ3) is 7.29. The van der Waals surface area contributed by atoms with Crippen molar-refractivity contribution in [2.45, 2.75) is 13.0 Å². The summed E-state index contributed by atoms with van der Waals surface area (Å²) in [5.41, 5.74) is 4.96. The highest BCUT2D eigenvalue weighted by Crippen LogP contribution is 1.82. The number of nitrogens with two attached hydrogens (primary N) is 1. The number of primary amides is 1. The zero-order valence-corrected chi connectivity index (χ0v) is 7.42. The third-order valence-corrected chi connectivity index (χ3v) is 1.26. The molecule has 66 valence electrons. The second-order valence-electron chi connectivity index (χ2n) is 3.01. The molecule has 0 spiro atoms. The number of amides is 1. The Balaban J connectivity index is 3.37. The Morgan fingerprint density at radius 1 is 1.64 bits per heavy atom. The van der Waals surface area contributed by atoms with Gasteiger partial charge >= 0.3 is 0 Å². The SMILES string of the molecule is CC(CN(C)C)NCC(N)=O. The molecule has 3 N–H and O–H groups in total. The molecule has 0 bridgehead atoms. The van der Waals surface area contributed by atoms with Crippen LogP contribution in [-0.2, 0) is 4.79 Å². The average molecular weight is 159 g/mol. The molecule has 1 amide bonds. The van der Waals surface area contributed by atoms with Gasteiger partial charge in [-0.25, -0.2) is 0 Å². The molecule has 0 rings (SSSR count). The zero-order valence-electron chi connectivity index (χ0n) is 7.42. The van der Waals surface area contributed by atoms with E-state index < -0.39 is 0 Å². The van der Waals surface area contributed by atoms with Gasteiger partial charge in [0.05, 0.1) is 6.54 Å². The largest absolute Gasteiger partial charge is 0.369 e. The number of likely N-dealkylation sites (N-methyl/N-ethyl adjacent to an activating group) is 1. The monoisotopic (exact) mass is 159 g/mol. The van der Waals surface area contributed by atoms with E-state index in [1.54, 1.807) is 0 Å². The lowest BCUT2D eigenvalue weighted by Crippen LogP contribution is -2.40. The lowest BCUT2D eigenvalue weighted by molar-refractivity contribution is -0.117. The molecule has 0 saturated carbocycles. The number of nitrogens with zero attached hydrogens (tertiary/aromatic N) is 1. The molecule has 0 aromatic heterocycles. The predicted octanol–water partition coefficient (Wildman–Crippen LogP) is -0.989. The predicted molar refractivity (Wildman–Crippen MR) is 45.2 cm³/mol. The van der Waals surface area contributed by atoms with Crippen molar-refractivity contribution in [2.24, 2.45) is 5.73 Å². The minimum Gasteiger partial charge on any atom is -0.369 e. The van der Waals surface area contributed by atoms with E-state index in [2.05, 4.69) is 10.2 Å². The molecule has 0 saturated heterocycles. The molecule has 1 atom stereocenters. The number of hydrogen-bond donors (Lipinski definition) is 2. The maximum atomic E-state index is 10.3. The van der Waals surface area contributed by atoms with Gasteiger partial charge in [-0.3, -0.25) is 4.79 Å². The van der Waals surface area contributed by atoms with Gasteiger partial charge in [-0.2, -0.15) is 0 Å². The normalized spacial score (nSPS) is 13.5. The second-order valence-corrected chi connectivity index (χ2v) is 3.01. The first-order valence-corrected chi connectivity index (χ1v) is 3.68. The maximum Gasteiger partial charge on any atom is 0.231 e. The van der Waals surface area contributed by atoms with Crippen LogP contribution in [0.15, 0.2) is 0 Å². The summed E-state index contributed by atoms with van der Waals surface area (Å²) in [6, 6.07) is 0.303. The van der Waals surface area contributed by atoms with E-state index >= 15 is 0 Å². The summed E-state index contributed by atoms with van der Waals surface area (Å²) in [5.74, 6) is -0.310. The Hall–Kier alpha value is -0.610. The zero-order chi connectivity index (χ0) is 8.85. The van der Waals surface area contributed by atoms with E-state index in [0.29, 0.717) is 6.04 Å². The summed E-state index contributed by atoms with van der Waals surface area (Å²) in [7, 11) is 3.98. The Kier molecular flexibility index (Phi) is 4.81. The quantitative estimate of drug-likeness (QED) is 0.541. The van der Waals surface area contributed by atoms with E-state index in [1.165, 1.54) is 0 Å². The standard InChI is InChI=1S/C7H17N3O/c1-6(5-10(2)3)9-4-7(8)11/h6,9H,4-5H2,1-3H3,(H2,8,11). The first-order chi connectivity index (χ1) is 5.02. The Morgan fingerprint density at radius 3 is 2.55 bits per heavy atom. The molecule has 0 fully saturated rings. The van der Waals surface area contributed by atoms with Crippen LogP contribution in [0, 0.1) is 0 Å². The van der Waals surface area contributed by atoms with Crippen molar-refractivity contribution >= 4 is 5.91 Å². The highest BCUT2D eigenvalue weighted by atomic mass is 16.1. The highest BCUT2D eigenvalue weighted by Gasteiger charge is 2.02. The number of rotatable bonds is 5. The molecular formula is C7H17N3O. The van der Waals surface area contributed by atoms with Gasteiger partial charge in [0.15, 0.2) is 0 Å². The molecule has 1 unspecified atom stereocenters. The van der Waals surface area contributed by atoms with E-state index in [1.807, 2.05) is 21.0 Å². The first kappa shape index (κ1) is 10.4. The molecule has 4 nitrogen and oxygen atoms in total. The number of carbonyl (C=O) groups excluding carboxylic acids is 1. The Labute approximate surface area is 67.7 Å². The van der Waals surface area contributed by atoms with Crippen molar-refractivity contribution in [3.63, 3.8) is 0 Å². The van der Waals surface area contributed by atoms with Gasteiger partial charge in [0.25, 0.3) is 0 Å². The van der Waals surface area contributed by atoms with Crippen molar-refractivity contribution in [3.05, 3.63) is 0 Å². The molecule has 0 aromatic rings. The van der Waals surface area contributed by atoms with Crippen LogP contribution in [0.3, 0.4) is 0 Å². The Morgan fingerprint density at radius 2 is 2.18 bits per heavy atom. The van der Waals surface area contributed by atoms with Crippen molar-refractivity contribution in [3.8, 4) is 0 Å². The summed E-state index contributed by atoms with van der Waals surface area (Å²) in [6.07, 6.45) is 0. The van der Waals surface area contributed by atoms with Gasteiger partial charge < -0.3 is 16.0 Å². The number of hydrogen-bond acceptors (Lipinski definition) is 3. The Bertz CT molecular complexity index is 125. The molecule has 0 aromatic carbocycles. The van der Waals surface area contributed by atoms with E-state index in [4.69, 9.17) is 5.73 Å². The fraction of sp³-hybridized carbons (Fsp3) is 0.857. The summed E-state index contributed by atoms with van der Waals surface area (Å²) in [5, 5.41) is 3.00. The van der Waals surface area contributed by atoms with Crippen molar-refractivity contribution in [1.82, 2.24) is 10.2 Å². The molecule has 4 heteroatoms. The van der Waals surface area contributed by atoms with Gasteiger partial charge in [0.2, 0.25) is 5.91 Å². The number of nitrogens with one attached hydrogen (secondary N) is 1. The van der Waals surface area contributed by atoms with Crippen LogP contribution in [0.5, 0.6) is 0 Å². The topological polar surface area (TPSA) is 58.4 Å². The van der Waals surface area contributed by atoms with Crippen LogP contribution in [0.2, 0.25) is 0 Å². The minimum atomic E-state index is -0.310. The number of carbonyl (C=O) groups is 1. The molecule has 0 aliphatic heterocycles. The molecule has 0 aliphatic rings. The van der Waals surface area contributed by atoms with E-state index in [0.717, 1.165) is 6.54 Å². The summed E-state index contributed by atoms with van der Waals surface area (Å²) in [6.45, 7) is 3.19. The van der Waals surface area contributed by atoms with E-state index in [-0.39, 0.29) is 12.5 Å². The van der Waals surface area contributed by atoms with Gasteiger partial charge in [-0.1, -0.05) is 0 Å². The fourth-order valence-corrected chi connectivity index (χ4v) is 0.887. The van der Waals surface area contributed by atoms with Gasteiger partial charge in [0, 0.05) is 12.6 Å². The molecule has 11 heavy (non-hydrogen) atoms. The maximum absolute atomic E-state index is 10.3. The van der Waals surface area contributed by atoms with Crippen LogP contribution in [-0.4, -0.2) is 44.0 Å². The van der Waals surface area contributed by atoms with Gasteiger partial charge in [-0.15, -0.1) is 0 Å². The van der Waals surface area contributed by atoms with Gasteiger partial charge in [0.1, 0.15) is 0 Å². The van der Waals surface area contributed by atoms with Crippen LogP contribution < -0.4 is 11.1 Å².